The molecule has 0 bridgehead atoms. The molecule has 0 fully saturated rings. The van der Waals surface area contributed by atoms with Crippen molar-refractivity contribution in [1.82, 2.24) is 9.97 Å². The highest BCUT2D eigenvalue weighted by Gasteiger charge is 2.12. The van der Waals surface area contributed by atoms with Gasteiger partial charge in [-0.15, -0.1) is 0 Å². The van der Waals surface area contributed by atoms with Crippen molar-refractivity contribution in [2.24, 2.45) is 0 Å². The summed E-state index contributed by atoms with van der Waals surface area (Å²) in [6.45, 7) is 2.09. The van der Waals surface area contributed by atoms with E-state index in [1.165, 1.54) is 11.8 Å². The molecule has 0 saturated carbocycles. The monoisotopic (exact) mass is 238 g/mol. The molecule has 1 unspecified atom stereocenters. The number of nitrogens with one attached hydrogen (secondary N) is 1. The van der Waals surface area contributed by atoms with Crippen molar-refractivity contribution >= 4 is 5.82 Å². The Labute approximate surface area is 106 Å². The summed E-state index contributed by atoms with van der Waals surface area (Å²) in [6.07, 6.45) is 4.01. The van der Waals surface area contributed by atoms with Crippen molar-refractivity contribution in [1.29, 1.82) is 5.26 Å². The van der Waals surface area contributed by atoms with Crippen LogP contribution in [0.3, 0.4) is 0 Å². The van der Waals surface area contributed by atoms with Crippen LogP contribution in [0.1, 0.15) is 30.6 Å². The summed E-state index contributed by atoms with van der Waals surface area (Å²) in [7, 11) is 0. The van der Waals surface area contributed by atoms with E-state index in [1.54, 1.807) is 6.20 Å². The van der Waals surface area contributed by atoms with Crippen LogP contribution in [0.25, 0.3) is 0 Å². The van der Waals surface area contributed by atoms with E-state index in [0.29, 0.717) is 11.5 Å². The van der Waals surface area contributed by atoms with Crippen LogP contribution in [0, 0.1) is 11.3 Å². The second kappa shape index (κ2) is 5.78. The minimum Gasteiger partial charge on any atom is -0.361 e. The van der Waals surface area contributed by atoms with Gasteiger partial charge in [0.15, 0.2) is 11.5 Å². The average Bonchev–Trinajstić information content (AvgIpc) is 2.46. The van der Waals surface area contributed by atoms with E-state index < -0.39 is 0 Å². The van der Waals surface area contributed by atoms with Crippen LogP contribution < -0.4 is 5.32 Å². The molecule has 1 heterocycles. The number of hydrogen-bond acceptors (Lipinski definition) is 4. The Morgan fingerprint density at radius 2 is 1.94 bits per heavy atom. The van der Waals surface area contributed by atoms with Gasteiger partial charge in [0, 0.05) is 12.4 Å². The minimum atomic E-state index is 0.134. The summed E-state index contributed by atoms with van der Waals surface area (Å²) in [6, 6.07) is 12.3. The van der Waals surface area contributed by atoms with Crippen LogP contribution in [-0.4, -0.2) is 9.97 Å². The van der Waals surface area contributed by atoms with Crippen molar-refractivity contribution in [2.45, 2.75) is 19.4 Å². The minimum absolute atomic E-state index is 0.134. The van der Waals surface area contributed by atoms with E-state index in [1.807, 2.05) is 24.3 Å². The largest absolute Gasteiger partial charge is 0.361 e. The fraction of sp³-hybridized carbons (Fsp3) is 0.214. The number of nitrogens with zero attached hydrogens (tertiary/aromatic N) is 3. The summed E-state index contributed by atoms with van der Waals surface area (Å²) < 4.78 is 0. The zero-order chi connectivity index (χ0) is 12.8. The first kappa shape index (κ1) is 12.1. The van der Waals surface area contributed by atoms with Gasteiger partial charge in [0.05, 0.1) is 6.04 Å². The molecule has 0 saturated heterocycles. The maximum Gasteiger partial charge on any atom is 0.182 e. The predicted molar refractivity (Wildman–Crippen MR) is 69.8 cm³/mol. The highest BCUT2D eigenvalue weighted by atomic mass is 15.0. The molecular weight excluding hydrogens is 224 g/mol. The lowest BCUT2D eigenvalue weighted by molar-refractivity contribution is 0.743. The Bertz CT molecular complexity index is 545. The van der Waals surface area contributed by atoms with Crippen LogP contribution in [0.15, 0.2) is 42.7 Å². The molecule has 0 amide bonds. The standard InChI is InChI=1S/C14H14N4/c1-2-12(11-6-4-3-5-7-11)18-14-13(10-15)16-8-9-17-14/h3-9,12H,2H2,1H3,(H,17,18). The fourth-order valence-electron chi connectivity index (χ4n) is 1.80. The number of benzene rings is 1. The van der Waals surface area contributed by atoms with Gasteiger partial charge in [-0.2, -0.15) is 5.26 Å². The first-order chi connectivity index (χ1) is 8.85. The van der Waals surface area contributed by atoms with Gasteiger partial charge in [0.1, 0.15) is 6.07 Å². The second-order valence-corrected chi connectivity index (χ2v) is 3.88. The second-order valence-electron chi connectivity index (χ2n) is 3.88. The van der Waals surface area contributed by atoms with E-state index >= 15 is 0 Å². The molecule has 0 radical (unpaired) electrons. The van der Waals surface area contributed by atoms with E-state index in [2.05, 4.69) is 34.3 Å². The van der Waals surface area contributed by atoms with Crippen LogP contribution in [0.2, 0.25) is 0 Å². The quantitative estimate of drug-likeness (QED) is 0.889. The summed E-state index contributed by atoms with van der Waals surface area (Å²) in [5.74, 6) is 0.538. The van der Waals surface area contributed by atoms with Gasteiger partial charge in [-0.05, 0) is 12.0 Å². The van der Waals surface area contributed by atoms with Crippen LogP contribution in [0.5, 0.6) is 0 Å². The Kier molecular flexibility index (Phi) is 3.87. The third-order valence-electron chi connectivity index (χ3n) is 2.73. The zero-order valence-corrected chi connectivity index (χ0v) is 10.2. The lowest BCUT2D eigenvalue weighted by Crippen LogP contribution is -2.12. The Morgan fingerprint density at radius 3 is 2.61 bits per heavy atom. The number of anilines is 1. The molecule has 4 nitrogen and oxygen atoms in total. The number of rotatable bonds is 4. The molecular formula is C14H14N4. The molecule has 0 spiro atoms. The molecule has 4 heteroatoms. The first-order valence-corrected chi connectivity index (χ1v) is 5.87. The molecule has 2 aromatic rings. The molecule has 1 aromatic heterocycles. The van der Waals surface area contributed by atoms with Gasteiger partial charge in [-0.3, -0.25) is 0 Å². The fourth-order valence-corrected chi connectivity index (χ4v) is 1.80. The molecule has 0 aliphatic rings. The SMILES string of the molecule is CCC(Nc1nccnc1C#N)c1ccccc1. The highest BCUT2D eigenvalue weighted by Crippen LogP contribution is 2.22. The van der Waals surface area contributed by atoms with E-state index in [9.17, 15) is 0 Å². The van der Waals surface area contributed by atoms with Crippen molar-refractivity contribution in [2.75, 3.05) is 5.32 Å². The maximum atomic E-state index is 8.98. The molecule has 1 N–H and O–H groups in total. The van der Waals surface area contributed by atoms with Crippen molar-refractivity contribution < 1.29 is 0 Å². The van der Waals surface area contributed by atoms with E-state index in [4.69, 9.17) is 5.26 Å². The maximum absolute atomic E-state index is 8.98. The number of nitriles is 1. The molecule has 90 valence electrons. The lowest BCUT2D eigenvalue weighted by atomic mass is 10.0. The van der Waals surface area contributed by atoms with Gasteiger partial charge in [-0.1, -0.05) is 37.3 Å². The normalized spacial score (nSPS) is 11.6. The summed E-state index contributed by atoms with van der Waals surface area (Å²) in [4.78, 5) is 8.16. The molecule has 1 atom stereocenters. The highest BCUT2D eigenvalue weighted by molar-refractivity contribution is 5.48. The van der Waals surface area contributed by atoms with E-state index in [0.717, 1.165) is 6.42 Å². The summed E-state index contributed by atoms with van der Waals surface area (Å²) >= 11 is 0. The third kappa shape index (κ3) is 2.64. The molecule has 2 rings (SSSR count). The lowest BCUT2D eigenvalue weighted by Gasteiger charge is -2.18. The molecule has 18 heavy (non-hydrogen) atoms. The first-order valence-electron chi connectivity index (χ1n) is 5.87. The molecule has 0 aliphatic carbocycles. The van der Waals surface area contributed by atoms with Crippen molar-refractivity contribution in [3.63, 3.8) is 0 Å². The number of hydrogen-bond donors (Lipinski definition) is 1. The van der Waals surface area contributed by atoms with Crippen molar-refractivity contribution in [3.05, 3.63) is 54.0 Å². The van der Waals surface area contributed by atoms with Crippen molar-refractivity contribution in [3.8, 4) is 6.07 Å². The van der Waals surface area contributed by atoms with E-state index in [-0.39, 0.29) is 6.04 Å². The Hall–Kier alpha value is -2.41. The topological polar surface area (TPSA) is 61.6 Å². The van der Waals surface area contributed by atoms with Gasteiger partial charge >= 0.3 is 0 Å². The van der Waals surface area contributed by atoms with Gasteiger partial charge in [0.2, 0.25) is 0 Å². The zero-order valence-electron chi connectivity index (χ0n) is 10.2. The summed E-state index contributed by atoms with van der Waals surface area (Å²) in [5.41, 5.74) is 1.50. The van der Waals surface area contributed by atoms with Crippen LogP contribution in [0.4, 0.5) is 5.82 Å². The summed E-state index contributed by atoms with van der Waals surface area (Å²) in [5, 5.41) is 12.3. The Morgan fingerprint density at radius 1 is 1.22 bits per heavy atom. The van der Waals surface area contributed by atoms with Crippen LogP contribution >= 0.6 is 0 Å². The van der Waals surface area contributed by atoms with Gasteiger partial charge in [0.25, 0.3) is 0 Å². The van der Waals surface area contributed by atoms with Crippen LogP contribution in [-0.2, 0) is 0 Å². The third-order valence-corrected chi connectivity index (χ3v) is 2.73. The molecule has 1 aromatic carbocycles. The Balaban J connectivity index is 2.24. The smallest absolute Gasteiger partial charge is 0.182 e. The van der Waals surface area contributed by atoms with Gasteiger partial charge in [-0.25, -0.2) is 9.97 Å². The predicted octanol–water partition coefficient (Wildman–Crippen LogP) is 2.91. The van der Waals surface area contributed by atoms with Gasteiger partial charge < -0.3 is 5.32 Å². The number of aromatic nitrogens is 2. The molecule has 0 aliphatic heterocycles. The average molecular weight is 238 g/mol.